The van der Waals surface area contributed by atoms with Gasteiger partial charge in [-0.1, -0.05) is 13.8 Å². The van der Waals surface area contributed by atoms with Crippen LogP contribution in [0.15, 0.2) is 0 Å². The molecule has 2 atom stereocenters. The van der Waals surface area contributed by atoms with Gasteiger partial charge in [-0.2, -0.15) is 0 Å². The Morgan fingerprint density at radius 3 is 2.80 bits per heavy atom. The zero-order valence-corrected chi connectivity index (χ0v) is 6.68. The van der Waals surface area contributed by atoms with Gasteiger partial charge in [-0.05, 0) is 19.3 Å². The summed E-state index contributed by atoms with van der Waals surface area (Å²) in [6.45, 7) is 4.10. The zero-order chi connectivity index (χ0) is 7.56. The van der Waals surface area contributed by atoms with E-state index >= 15 is 0 Å². The molecule has 2 heteroatoms. The highest BCUT2D eigenvalue weighted by Crippen LogP contribution is 2.15. The molecule has 2 nitrogen and oxygen atoms in total. The molecule has 0 bridgehead atoms. The molecule has 2 unspecified atom stereocenters. The van der Waals surface area contributed by atoms with E-state index in [9.17, 15) is 4.79 Å². The van der Waals surface area contributed by atoms with Crippen molar-refractivity contribution in [3.63, 3.8) is 0 Å². The van der Waals surface area contributed by atoms with Gasteiger partial charge in [0.05, 0.1) is 0 Å². The molecule has 1 aliphatic rings. The third-order valence-electron chi connectivity index (χ3n) is 2.23. The minimum atomic E-state index is 0.234. The number of nitrogens with one attached hydrogen (secondary N) is 1. The van der Waals surface area contributed by atoms with Gasteiger partial charge in [0.15, 0.2) is 0 Å². The molecule has 0 aromatic rings. The van der Waals surface area contributed by atoms with Crippen LogP contribution in [0.1, 0.15) is 33.1 Å². The maximum absolute atomic E-state index is 11.1. The van der Waals surface area contributed by atoms with Crippen molar-refractivity contribution in [3.8, 4) is 0 Å². The molecule has 1 aliphatic heterocycles. The predicted octanol–water partition coefficient (Wildman–Crippen LogP) is 1.31. The van der Waals surface area contributed by atoms with Crippen LogP contribution in [0, 0.1) is 5.92 Å². The summed E-state index contributed by atoms with van der Waals surface area (Å²) in [5, 5.41) is 2.98. The van der Waals surface area contributed by atoms with Crippen LogP contribution in [0.5, 0.6) is 0 Å². The maximum Gasteiger partial charge on any atom is 0.223 e. The van der Waals surface area contributed by atoms with Crippen molar-refractivity contribution in [1.82, 2.24) is 5.32 Å². The van der Waals surface area contributed by atoms with Crippen LogP contribution in [0.3, 0.4) is 0 Å². The number of hydrogen-bond donors (Lipinski definition) is 1. The van der Waals surface area contributed by atoms with Crippen LogP contribution in [-0.4, -0.2) is 11.9 Å². The van der Waals surface area contributed by atoms with E-state index in [4.69, 9.17) is 0 Å². The average molecular weight is 141 g/mol. The number of piperidine rings is 1. The standard InChI is InChI=1S/C8H15NO/c1-3-7-5-4-6(2)8(10)9-7/h6-7H,3-5H2,1-2H3,(H,9,10). The molecule has 1 N–H and O–H groups in total. The zero-order valence-electron chi connectivity index (χ0n) is 6.68. The second-order valence-corrected chi connectivity index (χ2v) is 3.09. The maximum atomic E-state index is 11.1. The minimum Gasteiger partial charge on any atom is -0.353 e. The van der Waals surface area contributed by atoms with E-state index in [0.717, 1.165) is 19.3 Å². The van der Waals surface area contributed by atoms with Crippen molar-refractivity contribution in [3.05, 3.63) is 0 Å². The van der Waals surface area contributed by atoms with Gasteiger partial charge in [-0.3, -0.25) is 4.79 Å². The summed E-state index contributed by atoms with van der Waals surface area (Å²) >= 11 is 0. The summed E-state index contributed by atoms with van der Waals surface area (Å²) in [5.74, 6) is 0.473. The summed E-state index contributed by atoms with van der Waals surface area (Å²) in [6.07, 6.45) is 3.28. The van der Waals surface area contributed by atoms with Gasteiger partial charge in [0.2, 0.25) is 5.91 Å². The summed E-state index contributed by atoms with van der Waals surface area (Å²) in [5.41, 5.74) is 0. The fourth-order valence-electron chi connectivity index (χ4n) is 1.30. The molecule has 0 aromatic heterocycles. The number of hydrogen-bond acceptors (Lipinski definition) is 1. The predicted molar refractivity (Wildman–Crippen MR) is 40.6 cm³/mol. The Labute approximate surface area is 62.0 Å². The van der Waals surface area contributed by atoms with Crippen molar-refractivity contribution in [2.24, 2.45) is 5.92 Å². The van der Waals surface area contributed by atoms with Gasteiger partial charge in [-0.25, -0.2) is 0 Å². The molecule has 1 amide bonds. The van der Waals surface area contributed by atoms with Gasteiger partial charge in [0, 0.05) is 12.0 Å². The highest BCUT2D eigenvalue weighted by molar-refractivity contribution is 5.79. The Balaban J connectivity index is 2.41. The van der Waals surface area contributed by atoms with Crippen molar-refractivity contribution >= 4 is 5.91 Å². The average Bonchev–Trinajstić information content (AvgIpc) is 1.95. The fourth-order valence-corrected chi connectivity index (χ4v) is 1.30. The van der Waals surface area contributed by atoms with Gasteiger partial charge >= 0.3 is 0 Å². The molecular weight excluding hydrogens is 126 g/mol. The second-order valence-electron chi connectivity index (χ2n) is 3.09. The minimum absolute atomic E-state index is 0.234. The van der Waals surface area contributed by atoms with E-state index in [2.05, 4.69) is 12.2 Å². The van der Waals surface area contributed by atoms with Crippen molar-refractivity contribution < 1.29 is 4.79 Å². The topological polar surface area (TPSA) is 29.1 Å². The molecule has 1 fully saturated rings. The molecule has 1 rings (SSSR count). The lowest BCUT2D eigenvalue weighted by Gasteiger charge is -2.25. The first-order chi connectivity index (χ1) is 4.74. The molecule has 0 aromatic carbocycles. The summed E-state index contributed by atoms with van der Waals surface area (Å²) < 4.78 is 0. The van der Waals surface area contributed by atoms with Crippen LogP contribution >= 0.6 is 0 Å². The van der Waals surface area contributed by atoms with Gasteiger partial charge in [0.25, 0.3) is 0 Å². The molecule has 10 heavy (non-hydrogen) atoms. The molecule has 0 aliphatic carbocycles. The molecular formula is C8H15NO. The van der Waals surface area contributed by atoms with Gasteiger partial charge < -0.3 is 5.32 Å². The van der Waals surface area contributed by atoms with Crippen molar-refractivity contribution in [2.75, 3.05) is 0 Å². The van der Waals surface area contributed by atoms with Crippen molar-refractivity contribution in [2.45, 2.75) is 39.2 Å². The van der Waals surface area contributed by atoms with E-state index in [1.54, 1.807) is 0 Å². The normalized spacial score (nSPS) is 33.6. The third-order valence-corrected chi connectivity index (χ3v) is 2.23. The lowest BCUT2D eigenvalue weighted by molar-refractivity contribution is -0.127. The molecule has 0 saturated carbocycles. The first kappa shape index (κ1) is 7.58. The first-order valence-electron chi connectivity index (χ1n) is 4.04. The number of rotatable bonds is 1. The summed E-state index contributed by atoms with van der Waals surface area (Å²) in [6, 6.07) is 0.448. The molecule has 1 saturated heterocycles. The Kier molecular flexibility index (Phi) is 2.30. The smallest absolute Gasteiger partial charge is 0.223 e. The molecule has 0 radical (unpaired) electrons. The Hall–Kier alpha value is -0.530. The highest BCUT2D eigenvalue weighted by Gasteiger charge is 2.22. The van der Waals surface area contributed by atoms with Crippen LogP contribution < -0.4 is 5.32 Å². The lowest BCUT2D eigenvalue weighted by atomic mass is 9.94. The van der Waals surface area contributed by atoms with E-state index in [0.29, 0.717) is 6.04 Å². The molecule has 1 heterocycles. The lowest BCUT2D eigenvalue weighted by Crippen LogP contribution is -2.42. The van der Waals surface area contributed by atoms with Gasteiger partial charge in [0.1, 0.15) is 0 Å². The van der Waals surface area contributed by atoms with E-state index in [-0.39, 0.29) is 11.8 Å². The van der Waals surface area contributed by atoms with Gasteiger partial charge in [-0.15, -0.1) is 0 Å². The van der Waals surface area contributed by atoms with Crippen LogP contribution in [0.25, 0.3) is 0 Å². The highest BCUT2D eigenvalue weighted by atomic mass is 16.2. The van der Waals surface area contributed by atoms with Crippen LogP contribution in [-0.2, 0) is 4.79 Å². The number of carbonyl (C=O) groups excluding carboxylic acids is 1. The second kappa shape index (κ2) is 3.04. The number of amides is 1. The van der Waals surface area contributed by atoms with Crippen molar-refractivity contribution in [1.29, 1.82) is 0 Å². The van der Waals surface area contributed by atoms with E-state index in [1.807, 2.05) is 6.92 Å². The Morgan fingerprint density at radius 2 is 2.30 bits per heavy atom. The quantitative estimate of drug-likeness (QED) is 0.586. The van der Waals surface area contributed by atoms with E-state index in [1.165, 1.54) is 0 Å². The monoisotopic (exact) mass is 141 g/mol. The Morgan fingerprint density at radius 1 is 1.60 bits per heavy atom. The molecule has 0 spiro atoms. The molecule has 58 valence electrons. The summed E-state index contributed by atoms with van der Waals surface area (Å²) in [4.78, 5) is 11.1. The SMILES string of the molecule is CCC1CCC(C)C(=O)N1. The third kappa shape index (κ3) is 1.49. The number of carbonyl (C=O) groups is 1. The van der Waals surface area contributed by atoms with Crippen LogP contribution in [0.4, 0.5) is 0 Å². The van der Waals surface area contributed by atoms with E-state index < -0.39 is 0 Å². The fraction of sp³-hybridized carbons (Fsp3) is 0.875. The Bertz CT molecular complexity index is 133. The largest absolute Gasteiger partial charge is 0.353 e. The summed E-state index contributed by atoms with van der Waals surface area (Å²) in [7, 11) is 0. The van der Waals surface area contributed by atoms with Crippen LogP contribution in [0.2, 0.25) is 0 Å². The first-order valence-corrected chi connectivity index (χ1v) is 4.04.